The molecule has 1 saturated heterocycles. The van der Waals surface area contributed by atoms with Gasteiger partial charge in [0, 0.05) is 55.1 Å². The number of ether oxygens (including phenoxy) is 3. The van der Waals surface area contributed by atoms with Crippen LogP contribution in [0.25, 0.3) is 0 Å². The number of ketones is 3. The molecule has 12 heteroatoms. The van der Waals surface area contributed by atoms with Crippen LogP contribution in [-0.2, 0) is 33.8 Å². The van der Waals surface area contributed by atoms with E-state index in [1.807, 2.05) is 24.3 Å². The van der Waals surface area contributed by atoms with Crippen LogP contribution >= 0.6 is 0 Å². The summed E-state index contributed by atoms with van der Waals surface area (Å²) in [5.41, 5.74) is -1.23. The number of benzene rings is 3. The summed E-state index contributed by atoms with van der Waals surface area (Å²) < 4.78 is 17.8. The molecule has 7 rings (SSSR count). The van der Waals surface area contributed by atoms with Gasteiger partial charge < -0.3 is 39.7 Å². The third-order valence-corrected chi connectivity index (χ3v) is 10.1. The number of Topliss-reactive ketones (excluding diaryl/α,β-unsaturated/α-hetero) is 1. The molecule has 2 aliphatic carbocycles. The smallest absolute Gasteiger partial charge is 0.202 e. The molecule has 0 spiro atoms. The molecule has 6 atom stereocenters. The van der Waals surface area contributed by atoms with Gasteiger partial charge in [-0.3, -0.25) is 19.3 Å². The second kappa shape index (κ2) is 11.5. The maximum atomic E-state index is 13.9. The zero-order valence-electron chi connectivity index (χ0n) is 25.8. The normalized spacial score (nSPS) is 28.3. The van der Waals surface area contributed by atoms with Gasteiger partial charge >= 0.3 is 0 Å². The van der Waals surface area contributed by atoms with Crippen LogP contribution in [0.4, 0.5) is 0 Å². The molecule has 5 N–H and O–H groups in total. The lowest BCUT2D eigenvalue weighted by molar-refractivity contribution is -0.259. The highest BCUT2D eigenvalue weighted by Gasteiger charge is 2.50. The summed E-state index contributed by atoms with van der Waals surface area (Å²) >= 11 is 0. The Kier molecular flexibility index (Phi) is 7.70. The quantitative estimate of drug-likeness (QED) is 0.193. The number of aromatic hydroxyl groups is 2. The minimum atomic E-state index is -2.25. The first-order valence-corrected chi connectivity index (χ1v) is 15.5. The summed E-state index contributed by atoms with van der Waals surface area (Å²) in [5, 5.41) is 55.7. The van der Waals surface area contributed by atoms with Crippen molar-refractivity contribution in [2.24, 2.45) is 0 Å². The first-order valence-electron chi connectivity index (χ1n) is 15.5. The summed E-state index contributed by atoms with van der Waals surface area (Å²) in [6.07, 6.45) is -4.73. The molecule has 0 unspecified atom stereocenters. The topological polar surface area (TPSA) is 183 Å². The number of phenolic OH excluding ortho intramolecular Hbond substituents is 2. The monoisotopic (exact) mass is 645 g/mol. The Morgan fingerprint density at radius 1 is 1.00 bits per heavy atom. The van der Waals surface area contributed by atoms with E-state index in [1.54, 1.807) is 6.92 Å². The van der Waals surface area contributed by atoms with E-state index in [0.29, 0.717) is 13.1 Å². The summed E-state index contributed by atoms with van der Waals surface area (Å²) in [7, 11) is 1.34. The number of aliphatic hydroxyl groups excluding tert-OH is 2. The maximum absolute atomic E-state index is 13.9. The molecule has 47 heavy (non-hydrogen) atoms. The first kappa shape index (κ1) is 31.4. The molecule has 0 radical (unpaired) electrons. The van der Waals surface area contributed by atoms with E-state index >= 15 is 0 Å². The predicted molar refractivity (Wildman–Crippen MR) is 163 cm³/mol. The second-order valence-electron chi connectivity index (χ2n) is 12.7. The summed E-state index contributed by atoms with van der Waals surface area (Å²) in [6.45, 7) is 1.90. The molecular formula is C35H35NO11. The number of carbonyl (C=O) groups is 3. The molecule has 2 heterocycles. The van der Waals surface area contributed by atoms with Gasteiger partial charge in [0.1, 0.15) is 29.5 Å². The fourth-order valence-electron chi connectivity index (χ4n) is 7.65. The van der Waals surface area contributed by atoms with E-state index < -0.39 is 95.7 Å². The van der Waals surface area contributed by atoms with Crippen LogP contribution in [0, 0.1) is 0 Å². The van der Waals surface area contributed by atoms with Crippen molar-refractivity contribution in [3.05, 3.63) is 87.0 Å². The van der Waals surface area contributed by atoms with E-state index in [2.05, 4.69) is 4.90 Å². The minimum absolute atomic E-state index is 0.0416. The van der Waals surface area contributed by atoms with Gasteiger partial charge in [-0.05, 0) is 24.1 Å². The lowest BCUT2D eigenvalue weighted by Crippen LogP contribution is -2.54. The Hall–Kier alpha value is -4.17. The van der Waals surface area contributed by atoms with Crippen LogP contribution in [0.15, 0.2) is 42.5 Å². The van der Waals surface area contributed by atoms with Crippen LogP contribution in [0.1, 0.15) is 80.0 Å². The van der Waals surface area contributed by atoms with E-state index in [9.17, 15) is 39.9 Å². The zero-order valence-corrected chi connectivity index (χ0v) is 25.8. The standard InChI is InChI=1S/C35H35NO11/c1-16-30(39)21(36-13-17-6-3-4-7-18(17)14-36)10-25(46-16)47-23-12-35(44,24(38)15-37)11-20-27(23)34(43)29-28(32(20)41)31(40)19-8-5-9-22(45-2)26(19)33(29)42/h3-9,16,21,23,25,30,37,39,41,43-44H,10-15H2,1-2H3/t16-,21-,23-,25-,30+,35-/m0/s1. The molecule has 1 fully saturated rings. The molecule has 0 bridgehead atoms. The average Bonchev–Trinajstić information content (AvgIpc) is 3.50. The van der Waals surface area contributed by atoms with Gasteiger partial charge in [-0.25, -0.2) is 0 Å². The van der Waals surface area contributed by atoms with Gasteiger partial charge in [-0.2, -0.15) is 0 Å². The number of carbonyl (C=O) groups excluding carboxylic acids is 3. The summed E-state index contributed by atoms with van der Waals surface area (Å²) in [5.74, 6) is -3.67. The molecule has 3 aromatic carbocycles. The second-order valence-corrected chi connectivity index (χ2v) is 12.7. The van der Waals surface area contributed by atoms with Crippen molar-refractivity contribution in [1.29, 1.82) is 0 Å². The van der Waals surface area contributed by atoms with Crippen molar-refractivity contribution >= 4 is 17.3 Å². The van der Waals surface area contributed by atoms with Crippen LogP contribution in [0.5, 0.6) is 17.2 Å². The highest BCUT2D eigenvalue weighted by Crippen LogP contribution is 2.52. The molecule has 3 aromatic rings. The number of hydrogen-bond acceptors (Lipinski definition) is 12. The first-order chi connectivity index (χ1) is 22.5. The molecule has 0 saturated carbocycles. The number of fused-ring (bicyclic) bond motifs is 4. The Morgan fingerprint density at radius 2 is 1.68 bits per heavy atom. The summed E-state index contributed by atoms with van der Waals surface area (Å²) in [6, 6.07) is 12.0. The fourth-order valence-corrected chi connectivity index (χ4v) is 7.65. The van der Waals surface area contributed by atoms with Crippen molar-refractivity contribution in [2.45, 2.75) is 75.5 Å². The van der Waals surface area contributed by atoms with Crippen molar-refractivity contribution in [3.63, 3.8) is 0 Å². The van der Waals surface area contributed by atoms with Crippen molar-refractivity contribution in [3.8, 4) is 17.2 Å². The van der Waals surface area contributed by atoms with Gasteiger partial charge in [0.25, 0.3) is 0 Å². The third-order valence-electron chi connectivity index (χ3n) is 10.1. The van der Waals surface area contributed by atoms with Crippen molar-refractivity contribution < 1.29 is 54.1 Å². The van der Waals surface area contributed by atoms with Crippen molar-refractivity contribution in [2.75, 3.05) is 13.7 Å². The van der Waals surface area contributed by atoms with E-state index in [4.69, 9.17) is 14.2 Å². The van der Waals surface area contributed by atoms with E-state index in [0.717, 1.165) is 11.1 Å². The predicted octanol–water partition coefficient (Wildman–Crippen LogP) is 2.06. The molecule has 4 aliphatic rings. The van der Waals surface area contributed by atoms with Crippen LogP contribution in [0.2, 0.25) is 0 Å². The molecule has 2 aliphatic heterocycles. The van der Waals surface area contributed by atoms with Crippen LogP contribution in [0.3, 0.4) is 0 Å². The van der Waals surface area contributed by atoms with Gasteiger partial charge in [0.15, 0.2) is 17.9 Å². The summed E-state index contributed by atoms with van der Waals surface area (Å²) in [4.78, 5) is 42.6. The number of hydrogen-bond donors (Lipinski definition) is 5. The highest BCUT2D eigenvalue weighted by atomic mass is 16.7. The molecule has 12 nitrogen and oxygen atoms in total. The van der Waals surface area contributed by atoms with Crippen LogP contribution in [-0.4, -0.2) is 91.6 Å². The Bertz CT molecular complexity index is 1800. The Morgan fingerprint density at radius 3 is 2.34 bits per heavy atom. The lowest BCUT2D eigenvalue weighted by atomic mass is 9.72. The van der Waals surface area contributed by atoms with Crippen molar-refractivity contribution in [1.82, 2.24) is 4.90 Å². The van der Waals surface area contributed by atoms with Gasteiger partial charge in [-0.1, -0.05) is 36.4 Å². The Balaban J connectivity index is 1.29. The third kappa shape index (κ3) is 4.86. The fraction of sp³-hybridized carbons (Fsp3) is 0.400. The SMILES string of the molecule is COc1cccc2c1C(=O)c1c(O)c3c(c(O)c1C2=O)C[C@@](O)(C(=O)CO)C[C@@H]3O[C@H]1C[C@H](N2Cc3ccccc3C2)[C@H](O)[C@H](C)O1. The maximum Gasteiger partial charge on any atom is 0.202 e. The van der Waals surface area contributed by atoms with Gasteiger partial charge in [-0.15, -0.1) is 0 Å². The molecule has 0 aromatic heterocycles. The number of methoxy groups -OCH3 is 1. The van der Waals surface area contributed by atoms with Gasteiger partial charge in [0.05, 0.1) is 42.1 Å². The van der Waals surface area contributed by atoms with Gasteiger partial charge in [0.2, 0.25) is 5.78 Å². The Labute approximate surface area is 269 Å². The molecule has 0 amide bonds. The minimum Gasteiger partial charge on any atom is -0.507 e. The zero-order chi connectivity index (χ0) is 33.4. The average molecular weight is 646 g/mol. The number of aliphatic hydroxyl groups is 3. The number of nitrogens with zero attached hydrogens (tertiary/aromatic N) is 1. The number of rotatable bonds is 6. The molecule has 246 valence electrons. The highest BCUT2D eigenvalue weighted by molar-refractivity contribution is 6.31. The van der Waals surface area contributed by atoms with E-state index in [1.165, 1.54) is 25.3 Å². The lowest BCUT2D eigenvalue weighted by Gasteiger charge is -2.44. The number of phenols is 2. The molecular weight excluding hydrogens is 610 g/mol. The van der Waals surface area contributed by atoms with Crippen LogP contribution < -0.4 is 4.74 Å². The van der Waals surface area contributed by atoms with E-state index in [-0.39, 0.29) is 34.4 Å². The largest absolute Gasteiger partial charge is 0.507 e.